The van der Waals surface area contributed by atoms with E-state index in [4.69, 9.17) is 4.74 Å². The van der Waals surface area contributed by atoms with Crippen molar-refractivity contribution in [1.29, 1.82) is 0 Å². The predicted octanol–water partition coefficient (Wildman–Crippen LogP) is 4.22. The van der Waals surface area contributed by atoms with Gasteiger partial charge in [0.1, 0.15) is 17.1 Å². The zero-order valence-electron chi connectivity index (χ0n) is 16.6. The van der Waals surface area contributed by atoms with Crippen molar-refractivity contribution in [3.8, 4) is 22.8 Å². The van der Waals surface area contributed by atoms with Crippen LogP contribution in [0.3, 0.4) is 0 Å². The number of aromatic amines is 1. The second-order valence-electron chi connectivity index (χ2n) is 7.30. The predicted molar refractivity (Wildman–Crippen MR) is 113 cm³/mol. The van der Waals surface area contributed by atoms with Crippen LogP contribution in [0.1, 0.15) is 11.1 Å². The highest BCUT2D eigenvalue weighted by atomic mass is 32.2. The Morgan fingerprint density at radius 3 is 2.52 bits per heavy atom. The van der Waals surface area contributed by atoms with Crippen molar-refractivity contribution >= 4 is 15.4 Å². The van der Waals surface area contributed by atoms with E-state index >= 15 is 0 Å². The molecule has 0 spiro atoms. The summed E-state index contributed by atoms with van der Waals surface area (Å²) in [5.41, 5.74) is 2.35. The number of hydrogen-bond donors (Lipinski definition) is 1. The fourth-order valence-corrected chi connectivity index (χ4v) is 4.28. The zero-order chi connectivity index (χ0) is 22.3. The molecule has 4 aromatic rings. The Morgan fingerprint density at radius 2 is 1.81 bits per heavy atom. The average Bonchev–Trinajstić information content (AvgIpc) is 3.01. The largest absolute Gasteiger partial charge is 0.454 e. The standard InChI is InChI=1S/C22H18F2N2O4S/c1-13-9-18(26-8-7-25-22(27)21(13)26)16-10-14(12-31(2,28)29)3-5-19(16)30-20-6-4-15(23)11-17(20)24/h3-11H,12H2,1-2H3,(H,25,27). The van der Waals surface area contributed by atoms with Gasteiger partial charge in [-0.3, -0.25) is 4.79 Å². The number of fused-ring (bicyclic) bond motifs is 1. The Bertz CT molecular complexity index is 1470. The number of nitrogens with zero attached hydrogens (tertiary/aromatic N) is 1. The first-order valence-electron chi connectivity index (χ1n) is 9.25. The van der Waals surface area contributed by atoms with Crippen LogP contribution in [-0.2, 0) is 15.6 Å². The van der Waals surface area contributed by atoms with Gasteiger partial charge in [-0.05, 0) is 48.4 Å². The smallest absolute Gasteiger partial charge is 0.272 e. The second kappa shape index (κ2) is 7.66. The normalized spacial score (nSPS) is 11.7. The molecular formula is C22H18F2N2O4S. The van der Waals surface area contributed by atoms with E-state index in [1.165, 1.54) is 18.3 Å². The maximum absolute atomic E-state index is 14.2. The van der Waals surface area contributed by atoms with Crippen LogP contribution in [0.2, 0.25) is 0 Å². The molecule has 0 aliphatic heterocycles. The summed E-state index contributed by atoms with van der Waals surface area (Å²) in [6.45, 7) is 1.77. The first kappa shape index (κ1) is 20.8. The first-order chi connectivity index (χ1) is 14.6. The minimum atomic E-state index is -3.31. The number of hydrogen-bond acceptors (Lipinski definition) is 4. The molecule has 0 amide bonds. The van der Waals surface area contributed by atoms with Crippen molar-refractivity contribution in [3.05, 3.63) is 88.0 Å². The topological polar surface area (TPSA) is 80.6 Å². The van der Waals surface area contributed by atoms with Gasteiger partial charge in [0.2, 0.25) is 0 Å². The fraction of sp³-hybridized carbons (Fsp3) is 0.136. The highest BCUT2D eigenvalue weighted by molar-refractivity contribution is 7.89. The first-order valence-corrected chi connectivity index (χ1v) is 11.3. The monoisotopic (exact) mass is 444 g/mol. The highest BCUT2D eigenvalue weighted by Gasteiger charge is 2.18. The van der Waals surface area contributed by atoms with Crippen LogP contribution in [0.5, 0.6) is 11.5 Å². The number of H-pyrrole nitrogens is 1. The molecule has 0 unspecified atom stereocenters. The van der Waals surface area contributed by atoms with Gasteiger partial charge in [-0.15, -0.1) is 0 Å². The lowest BCUT2D eigenvalue weighted by atomic mass is 10.1. The van der Waals surface area contributed by atoms with Gasteiger partial charge in [-0.1, -0.05) is 6.07 Å². The van der Waals surface area contributed by atoms with Gasteiger partial charge in [0.15, 0.2) is 21.4 Å². The molecule has 0 saturated heterocycles. The third-order valence-electron chi connectivity index (χ3n) is 4.74. The maximum atomic E-state index is 14.2. The molecule has 2 aromatic carbocycles. The Labute approximate surface area is 176 Å². The van der Waals surface area contributed by atoms with E-state index in [0.717, 1.165) is 12.3 Å². The van der Waals surface area contributed by atoms with Gasteiger partial charge in [-0.25, -0.2) is 17.2 Å². The summed E-state index contributed by atoms with van der Waals surface area (Å²) in [4.78, 5) is 14.9. The second-order valence-corrected chi connectivity index (χ2v) is 9.44. The summed E-state index contributed by atoms with van der Waals surface area (Å²) in [7, 11) is -3.31. The molecular weight excluding hydrogens is 426 g/mol. The van der Waals surface area contributed by atoms with E-state index in [0.29, 0.717) is 34.0 Å². The summed E-state index contributed by atoms with van der Waals surface area (Å²) in [6.07, 6.45) is 4.27. The van der Waals surface area contributed by atoms with Gasteiger partial charge in [0.25, 0.3) is 5.56 Å². The number of aromatic nitrogens is 2. The minimum absolute atomic E-state index is 0.186. The molecule has 9 heteroatoms. The number of benzene rings is 2. The van der Waals surface area contributed by atoms with Crippen molar-refractivity contribution in [2.24, 2.45) is 0 Å². The summed E-state index contributed by atoms with van der Waals surface area (Å²) >= 11 is 0. The van der Waals surface area contributed by atoms with Gasteiger partial charge in [-0.2, -0.15) is 0 Å². The van der Waals surface area contributed by atoms with Crippen LogP contribution < -0.4 is 10.3 Å². The molecule has 160 valence electrons. The molecule has 0 radical (unpaired) electrons. The van der Waals surface area contributed by atoms with Crippen LogP contribution in [0.15, 0.2) is 59.7 Å². The summed E-state index contributed by atoms with van der Waals surface area (Å²) in [5, 5.41) is 0. The van der Waals surface area contributed by atoms with E-state index in [-0.39, 0.29) is 22.8 Å². The molecule has 1 N–H and O–H groups in total. The number of ether oxygens (including phenoxy) is 1. The molecule has 2 aromatic heterocycles. The Morgan fingerprint density at radius 1 is 1.06 bits per heavy atom. The summed E-state index contributed by atoms with van der Waals surface area (Å²) in [6, 6.07) is 9.44. The van der Waals surface area contributed by atoms with Gasteiger partial charge >= 0.3 is 0 Å². The number of nitrogens with one attached hydrogen (secondary N) is 1. The molecule has 0 bridgehead atoms. The van der Waals surface area contributed by atoms with Crippen LogP contribution >= 0.6 is 0 Å². The summed E-state index contributed by atoms with van der Waals surface area (Å²) in [5.74, 6) is -1.77. The lowest BCUT2D eigenvalue weighted by Crippen LogP contribution is -2.09. The number of rotatable bonds is 5. The van der Waals surface area contributed by atoms with E-state index in [9.17, 15) is 22.0 Å². The Hall–Kier alpha value is -3.46. The molecule has 0 fully saturated rings. The van der Waals surface area contributed by atoms with E-state index in [2.05, 4.69) is 4.98 Å². The molecule has 2 heterocycles. The van der Waals surface area contributed by atoms with Crippen LogP contribution in [0.4, 0.5) is 8.78 Å². The van der Waals surface area contributed by atoms with Crippen molar-refractivity contribution in [3.63, 3.8) is 0 Å². The maximum Gasteiger partial charge on any atom is 0.272 e. The number of sulfone groups is 1. The van der Waals surface area contributed by atoms with Gasteiger partial charge < -0.3 is 14.1 Å². The third-order valence-corrected chi connectivity index (χ3v) is 5.60. The Kier molecular flexibility index (Phi) is 5.14. The summed E-state index contributed by atoms with van der Waals surface area (Å²) < 4.78 is 58.4. The molecule has 4 rings (SSSR count). The van der Waals surface area contributed by atoms with Crippen LogP contribution in [0, 0.1) is 18.6 Å². The van der Waals surface area contributed by atoms with Crippen molar-refractivity contribution in [2.75, 3.05) is 6.26 Å². The molecule has 0 atom stereocenters. The van der Waals surface area contributed by atoms with E-state index in [1.54, 1.807) is 35.7 Å². The van der Waals surface area contributed by atoms with Gasteiger partial charge in [0, 0.05) is 30.3 Å². The van der Waals surface area contributed by atoms with Gasteiger partial charge in [0.05, 0.1) is 11.4 Å². The molecule has 0 aliphatic rings. The van der Waals surface area contributed by atoms with Crippen LogP contribution in [-0.4, -0.2) is 24.1 Å². The Balaban J connectivity index is 1.93. The van der Waals surface area contributed by atoms with Crippen LogP contribution in [0.25, 0.3) is 16.8 Å². The minimum Gasteiger partial charge on any atom is -0.454 e. The third kappa shape index (κ3) is 4.22. The van der Waals surface area contributed by atoms with Crippen molar-refractivity contribution < 1.29 is 21.9 Å². The van der Waals surface area contributed by atoms with E-state index < -0.39 is 21.5 Å². The lowest BCUT2D eigenvalue weighted by Gasteiger charge is -2.14. The number of aryl methyl sites for hydroxylation is 1. The average molecular weight is 444 g/mol. The fourth-order valence-electron chi connectivity index (χ4n) is 3.50. The van der Waals surface area contributed by atoms with Crippen molar-refractivity contribution in [1.82, 2.24) is 9.38 Å². The quantitative estimate of drug-likeness (QED) is 0.500. The molecule has 0 aliphatic carbocycles. The molecule has 31 heavy (non-hydrogen) atoms. The van der Waals surface area contributed by atoms with Crippen molar-refractivity contribution in [2.45, 2.75) is 12.7 Å². The number of halogens is 2. The SMILES string of the molecule is Cc1cc(-c2cc(CS(C)(=O)=O)ccc2Oc2ccc(F)cc2F)n2cc[nH]c(=O)c12. The zero-order valence-corrected chi connectivity index (χ0v) is 17.5. The molecule has 6 nitrogen and oxygen atoms in total. The highest BCUT2D eigenvalue weighted by Crippen LogP contribution is 2.37. The molecule has 0 saturated carbocycles. The lowest BCUT2D eigenvalue weighted by molar-refractivity contribution is 0.439. The van der Waals surface area contributed by atoms with E-state index in [1.807, 2.05) is 0 Å².